The van der Waals surface area contributed by atoms with Crippen LogP contribution in [0.4, 0.5) is 10.1 Å². The first kappa shape index (κ1) is 19.3. The molecule has 0 unspecified atom stereocenters. The summed E-state index contributed by atoms with van der Waals surface area (Å²) in [5, 5.41) is 2.62. The molecule has 3 aromatic carbocycles. The van der Waals surface area contributed by atoms with Gasteiger partial charge in [-0.15, -0.1) is 0 Å². The summed E-state index contributed by atoms with van der Waals surface area (Å²) in [6.07, 6.45) is 0. The third kappa shape index (κ3) is 3.53. The van der Waals surface area contributed by atoms with Crippen LogP contribution in [-0.4, -0.2) is 29.7 Å². The van der Waals surface area contributed by atoms with Crippen molar-refractivity contribution >= 4 is 23.4 Å². The Morgan fingerprint density at radius 2 is 1.67 bits per heavy atom. The molecule has 0 aliphatic carbocycles. The van der Waals surface area contributed by atoms with Crippen LogP contribution in [0.25, 0.3) is 0 Å². The predicted octanol–water partition coefficient (Wildman–Crippen LogP) is 3.88. The first-order valence-corrected chi connectivity index (χ1v) is 9.17. The molecule has 0 aromatic heterocycles. The number of fused-ring (bicyclic) bond motifs is 1. The van der Waals surface area contributed by atoms with Gasteiger partial charge in [0.15, 0.2) is 11.6 Å². The van der Waals surface area contributed by atoms with E-state index in [4.69, 9.17) is 4.74 Å². The van der Waals surface area contributed by atoms with E-state index in [2.05, 4.69) is 5.32 Å². The molecule has 0 saturated heterocycles. The normalized spacial score (nSPS) is 12.7. The Bertz CT molecular complexity index is 1140. The first-order valence-electron chi connectivity index (χ1n) is 9.17. The highest BCUT2D eigenvalue weighted by molar-refractivity contribution is 6.21. The van der Waals surface area contributed by atoms with Crippen LogP contribution in [0.1, 0.15) is 36.6 Å². The number of rotatable bonds is 5. The molecule has 30 heavy (non-hydrogen) atoms. The Morgan fingerprint density at radius 3 is 2.30 bits per heavy atom. The maximum Gasteiger partial charge on any atom is 0.261 e. The van der Waals surface area contributed by atoms with Gasteiger partial charge in [-0.05, 0) is 42.0 Å². The van der Waals surface area contributed by atoms with Crippen LogP contribution < -0.4 is 10.1 Å². The van der Waals surface area contributed by atoms with Crippen molar-refractivity contribution in [2.24, 2.45) is 0 Å². The Labute approximate surface area is 171 Å². The second-order valence-corrected chi connectivity index (χ2v) is 6.75. The number of halogens is 1. The number of amides is 3. The lowest BCUT2D eigenvalue weighted by Gasteiger charge is -2.14. The van der Waals surface area contributed by atoms with Crippen LogP contribution in [0.2, 0.25) is 0 Å². The molecule has 7 heteroatoms. The quantitative estimate of drug-likeness (QED) is 0.655. The van der Waals surface area contributed by atoms with E-state index in [9.17, 15) is 18.8 Å². The molecule has 1 heterocycles. The van der Waals surface area contributed by atoms with Crippen molar-refractivity contribution in [1.82, 2.24) is 4.90 Å². The maximum absolute atomic E-state index is 13.8. The highest BCUT2D eigenvalue weighted by Gasteiger charge is 2.34. The number of benzene rings is 3. The summed E-state index contributed by atoms with van der Waals surface area (Å²) in [4.78, 5) is 38.8. The molecular formula is C23H17FN2O4. The van der Waals surface area contributed by atoms with Gasteiger partial charge in [-0.1, -0.05) is 24.3 Å². The summed E-state index contributed by atoms with van der Waals surface area (Å²) in [7, 11) is 1.36. The van der Waals surface area contributed by atoms with E-state index in [1.807, 2.05) is 0 Å². The number of carbonyl (C=O) groups is 3. The van der Waals surface area contributed by atoms with Gasteiger partial charge in [0.1, 0.15) is 0 Å². The van der Waals surface area contributed by atoms with Gasteiger partial charge in [0.05, 0.1) is 24.8 Å². The molecule has 1 aliphatic rings. The molecular weight excluding hydrogens is 387 g/mol. The van der Waals surface area contributed by atoms with Crippen molar-refractivity contribution in [2.45, 2.75) is 6.54 Å². The third-order valence-corrected chi connectivity index (χ3v) is 4.82. The zero-order chi connectivity index (χ0) is 21.3. The van der Waals surface area contributed by atoms with E-state index in [1.165, 1.54) is 25.3 Å². The number of hydrogen-bond donors (Lipinski definition) is 1. The van der Waals surface area contributed by atoms with Crippen LogP contribution in [0, 0.1) is 5.82 Å². The lowest BCUT2D eigenvalue weighted by Crippen LogP contribution is -2.29. The summed E-state index contributed by atoms with van der Waals surface area (Å²) in [5.74, 6) is -1.67. The van der Waals surface area contributed by atoms with E-state index in [0.717, 1.165) is 4.90 Å². The van der Waals surface area contributed by atoms with Gasteiger partial charge in [0, 0.05) is 17.3 Å². The Morgan fingerprint density at radius 1 is 0.967 bits per heavy atom. The highest BCUT2D eigenvalue weighted by Crippen LogP contribution is 2.25. The predicted molar refractivity (Wildman–Crippen MR) is 108 cm³/mol. The average Bonchev–Trinajstić information content (AvgIpc) is 2.99. The van der Waals surface area contributed by atoms with Crippen molar-refractivity contribution in [3.05, 3.63) is 94.8 Å². The van der Waals surface area contributed by atoms with Crippen LogP contribution in [0.5, 0.6) is 5.75 Å². The van der Waals surface area contributed by atoms with E-state index < -0.39 is 11.7 Å². The average molecular weight is 404 g/mol. The zero-order valence-electron chi connectivity index (χ0n) is 16.0. The number of anilines is 1. The van der Waals surface area contributed by atoms with Crippen LogP contribution >= 0.6 is 0 Å². The Balaban J connectivity index is 1.51. The number of imide groups is 1. The molecule has 0 radical (unpaired) electrons. The smallest absolute Gasteiger partial charge is 0.261 e. The van der Waals surface area contributed by atoms with Gasteiger partial charge in [0.25, 0.3) is 17.7 Å². The molecule has 3 amide bonds. The van der Waals surface area contributed by atoms with Crippen molar-refractivity contribution in [2.75, 3.05) is 12.4 Å². The second kappa shape index (κ2) is 7.79. The third-order valence-electron chi connectivity index (χ3n) is 4.82. The number of carbonyl (C=O) groups excluding carboxylic acids is 3. The number of nitrogens with zero attached hydrogens (tertiary/aromatic N) is 1. The van der Waals surface area contributed by atoms with E-state index in [1.54, 1.807) is 48.5 Å². The van der Waals surface area contributed by atoms with Gasteiger partial charge in [-0.3, -0.25) is 19.3 Å². The summed E-state index contributed by atoms with van der Waals surface area (Å²) in [6, 6.07) is 17.4. The molecule has 0 atom stereocenters. The van der Waals surface area contributed by atoms with Gasteiger partial charge in [-0.25, -0.2) is 4.39 Å². The number of methoxy groups -OCH3 is 1. The molecule has 0 bridgehead atoms. The van der Waals surface area contributed by atoms with Crippen LogP contribution in [0.3, 0.4) is 0 Å². The molecule has 4 rings (SSSR count). The fraction of sp³-hybridized carbons (Fsp3) is 0.0870. The van der Waals surface area contributed by atoms with Crippen molar-refractivity contribution in [1.29, 1.82) is 0 Å². The number of ether oxygens (including phenoxy) is 1. The van der Waals surface area contributed by atoms with Crippen LogP contribution in [-0.2, 0) is 6.54 Å². The molecule has 3 aromatic rings. The van der Waals surface area contributed by atoms with Gasteiger partial charge >= 0.3 is 0 Å². The Kier molecular flexibility index (Phi) is 5.02. The monoisotopic (exact) mass is 404 g/mol. The molecule has 0 fully saturated rings. The van der Waals surface area contributed by atoms with Gasteiger partial charge in [-0.2, -0.15) is 0 Å². The van der Waals surface area contributed by atoms with E-state index >= 15 is 0 Å². The molecule has 6 nitrogen and oxygen atoms in total. The van der Waals surface area contributed by atoms with E-state index in [0.29, 0.717) is 22.3 Å². The number of nitrogens with one attached hydrogen (secondary N) is 1. The molecule has 150 valence electrons. The lowest BCUT2D eigenvalue weighted by molar-refractivity contribution is 0.0642. The minimum Gasteiger partial charge on any atom is -0.494 e. The Hall–Kier alpha value is -4.00. The molecule has 0 spiro atoms. The minimum atomic E-state index is -0.588. The maximum atomic E-state index is 13.8. The van der Waals surface area contributed by atoms with Crippen molar-refractivity contribution < 1.29 is 23.5 Å². The summed E-state index contributed by atoms with van der Waals surface area (Å²) in [5.41, 5.74) is 1.97. The first-order chi connectivity index (χ1) is 14.5. The van der Waals surface area contributed by atoms with Crippen molar-refractivity contribution in [3.63, 3.8) is 0 Å². The minimum absolute atomic E-state index is 0.0463. The van der Waals surface area contributed by atoms with Crippen LogP contribution in [0.15, 0.2) is 66.7 Å². The van der Waals surface area contributed by atoms with Gasteiger partial charge in [0.2, 0.25) is 0 Å². The second-order valence-electron chi connectivity index (χ2n) is 6.75. The largest absolute Gasteiger partial charge is 0.494 e. The molecule has 0 saturated carbocycles. The number of hydrogen-bond acceptors (Lipinski definition) is 4. The zero-order valence-corrected chi connectivity index (χ0v) is 16.0. The van der Waals surface area contributed by atoms with E-state index in [-0.39, 0.29) is 29.8 Å². The standard InChI is InChI=1S/C23H17FN2O4/c1-30-20-10-9-16(12-19(20)24)25-21(27)15-6-4-5-14(11-15)13-26-22(28)17-7-2-3-8-18(17)23(26)29/h2-12H,13H2,1H3,(H,25,27). The van der Waals surface area contributed by atoms with Gasteiger partial charge < -0.3 is 10.1 Å². The fourth-order valence-corrected chi connectivity index (χ4v) is 3.32. The fourth-order valence-electron chi connectivity index (χ4n) is 3.32. The molecule has 1 aliphatic heterocycles. The highest BCUT2D eigenvalue weighted by atomic mass is 19.1. The topological polar surface area (TPSA) is 75.7 Å². The summed E-state index contributed by atoms with van der Waals surface area (Å²) in [6.45, 7) is 0.0463. The SMILES string of the molecule is COc1ccc(NC(=O)c2cccc(CN3C(=O)c4ccccc4C3=O)c2)cc1F. The summed E-state index contributed by atoms with van der Waals surface area (Å²) < 4.78 is 18.7. The van der Waals surface area contributed by atoms with Crippen molar-refractivity contribution in [3.8, 4) is 5.75 Å². The molecule has 1 N–H and O–H groups in total. The summed E-state index contributed by atoms with van der Waals surface area (Å²) >= 11 is 0. The lowest BCUT2D eigenvalue weighted by atomic mass is 10.1.